The molecule has 0 aliphatic carbocycles. The average Bonchev–Trinajstić information content (AvgIpc) is 2.66. The third-order valence-corrected chi connectivity index (χ3v) is 3.75. The maximum absolute atomic E-state index is 13.0. The molecule has 12 heteroatoms. The van der Waals surface area contributed by atoms with Crippen LogP contribution in [0.25, 0.3) is 11.5 Å². The van der Waals surface area contributed by atoms with Gasteiger partial charge in [0.1, 0.15) is 28.7 Å². The summed E-state index contributed by atoms with van der Waals surface area (Å²) in [6.07, 6.45) is -8.31. The van der Waals surface area contributed by atoms with Crippen LogP contribution >= 0.6 is 0 Å². The van der Waals surface area contributed by atoms with E-state index >= 15 is 0 Å². The van der Waals surface area contributed by atoms with Gasteiger partial charge in [0.15, 0.2) is 5.82 Å². The van der Waals surface area contributed by atoms with E-state index < -0.39 is 23.7 Å². The Morgan fingerprint density at radius 2 is 1.48 bits per heavy atom. The van der Waals surface area contributed by atoms with Gasteiger partial charge in [-0.15, -0.1) is 0 Å². The summed E-state index contributed by atoms with van der Waals surface area (Å²) < 4.78 is 77.8. The molecule has 0 spiro atoms. The molecule has 3 heterocycles. The van der Waals surface area contributed by atoms with Crippen LogP contribution in [0.2, 0.25) is 0 Å². The fourth-order valence-corrected chi connectivity index (χ4v) is 2.52. The Hall–Kier alpha value is -3.44. The van der Waals surface area contributed by atoms with Crippen LogP contribution in [0, 0.1) is 0 Å². The number of nitrogens with one attached hydrogen (secondary N) is 2. The van der Waals surface area contributed by atoms with Crippen molar-refractivity contribution in [1.29, 1.82) is 0 Å². The second kappa shape index (κ2) is 8.36. The zero-order chi connectivity index (χ0) is 22.8. The largest absolute Gasteiger partial charge is 0.433 e. The summed E-state index contributed by atoms with van der Waals surface area (Å²) in [5.74, 6) is 0.183. The molecule has 0 amide bonds. The number of halogens is 6. The summed E-state index contributed by atoms with van der Waals surface area (Å²) in [6.45, 7) is 3.63. The second-order valence-electron chi connectivity index (χ2n) is 6.72. The van der Waals surface area contributed by atoms with Crippen LogP contribution in [0.1, 0.15) is 25.2 Å². The highest BCUT2D eigenvalue weighted by atomic mass is 19.4. The van der Waals surface area contributed by atoms with Gasteiger partial charge in [0.05, 0.1) is 0 Å². The minimum absolute atomic E-state index is 0.0412. The van der Waals surface area contributed by atoms with Gasteiger partial charge in [0, 0.05) is 24.0 Å². The van der Waals surface area contributed by atoms with Crippen LogP contribution < -0.4 is 10.6 Å². The topological polar surface area (TPSA) is 75.6 Å². The molecule has 0 bridgehead atoms. The highest BCUT2D eigenvalue weighted by Gasteiger charge is 2.33. The van der Waals surface area contributed by atoms with Gasteiger partial charge < -0.3 is 10.6 Å². The number of nitrogens with zero attached hydrogens (tertiary/aromatic N) is 4. The second-order valence-corrected chi connectivity index (χ2v) is 6.72. The Morgan fingerprint density at radius 1 is 0.806 bits per heavy atom. The molecule has 0 saturated carbocycles. The third-order valence-electron chi connectivity index (χ3n) is 3.75. The third kappa shape index (κ3) is 5.80. The van der Waals surface area contributed by atoms with Crippen LogP contribution in [-0.4, -0.2) is 26.0 Å². The molecule has 0 atom stereocenters. The fourth-order valence-electron chi connectivity index (χ4n) is 2.52. The number of pyridine rings is 2. The van der Waals surface area contributed by atoms with Crippen molar-refractivity contribution in [1.82, 2.24) is 19.9 Å². The summed E-state index contributed by atoms with van der Waals surface area (Å²) in [5.41, 5.74) is -2.32. The van der Waals surface area contributed by atoms with Crippen molar-refractivity contribution >= 4 is 17.3 Å². The van der Waals surface area contributed by atoms with Gasteiger partial charge >= 0.3 is 12.4 Å². The monoisotopic (exact) mass is 442 g/mol. The molecule has 31 heavy (non-hydrogen) atoms. The highest BCUT2D eigenvalue weighted by Crippen LogP contribution is 2.31. The molecule has 3 rings (SSSR count). The average molecular weight is 442 g/mol. The molecule has 6 nitrogen and oxygen atoms in total. The van der Waals surface area contributed by atoms with Crippen LogP contribution in [-0.2, 0) is 12.4 Å². The number of alkyl halides is 6. The molecular formula is C19H16F6N6. The van der Waals surface area contributed by atoms with E-state index in [1.165, 1.54) is 24.3 Å². The van der Waals surface area contributed by atoms with E-state index in [0.717, 1.165) is 18.3 Å². The van der Waals surface area contributed by atoms with E-state index in [-0.39, 0.29) is 34.9 Å². The summed E-state index contributed by atoms with van der Waals surface area (Å²) in [5, 5.41) is 5.69. The predicted octanol–water partition coefficient (Wildman–Crippen LogP) is 5.54. The number of hydrogen-bond donors (Lipinski definition) is 2. The lowest BCUT2D eigenvalue weighted by Gasteiger charge is -2.14. The lowest BCUT2D eigenvalue weighted by atomic mass is 10.2. The molecule has 0 aliphatic rings. The SMILES string of the molecule is CC(C)Nc1cc(Nc2ccnc(C(F)(F)F)c2)nc(-c2cccc(C(F)(F)F)n2)n1. The fraction of sp³-hybridized carbons (Fsp3) is 0.263. The summed E-state index contributed by atoms with van der Waals surface area (Å²) in [7, 11) is 0. The van der Waals surface area contributed by atoms with Gasteiger partial charge in [-0.2, -0.15) is 26.3 Å². The van der Waals surface area contributed by atoms with E-state index in [1.807, 2.05) is 13.8 Å². The van der Waals surface area contributed by atoms with Crippen molar-refractivity contribution in [3.63, 3.8) is 0 Å². The van der Waals surface area contributed by atoms with Crippen molar-refractivity contribution < 1.29 is 26.3 Å². The number of anilines is 3. The van der Waals surface area contributed by atoms with Crippen molar-refractivity contribution in [2.75, 3.05) is 10.6 Å². The predicted molar refractivity (Wildman–Crippen MR) is 102 cm³/mol. The minimum Gasteiger partial charge on any atom is -0.368 e. The van der Waals surface area contributed by atoms with E-state index in [2.05, 4.69) is 30.6 Å². The first-order valence-electron chi connectivity index (χ1n) is 8.92. The van der Waals surface area contributed by atoms with Crippen molar-refractivity contribution in [2.24, 2.45) is 0 Å². The maximum atomic E-state index is 13.0. The quantitative estimate of drug-likeness (QED) is 0.506. The summed E-state index contributed by atoms with van der Waals surface area (Å²) in [4.78, 5) is 15.2. The van der Waals surface area contributed by atoms with E-state index in [4.69, 9.17) is 0 Å². The van der Waals surface area contributed by atoms with Crippen LogP contribution in [0.15, 0.2) is 42.6 Å². The Morgan fingerprint density at radius 3 is 2.13 bits per heavy atom. The summed E-state index contributed by atoms with van der Waals surface area (Å²) in [6, 6.07) is 6.72. The van der Waals surface area contributed by atoms with Gasteiger partial charge in [-0.05, 0) is 38.1 Å². The zero-order valence-electron chi connectivity index (χ0n) is 16.2. The lowest BCUT2D eigenvalue weighted by Crippen LogP contribution is -2.13. The Labute approximate surface area is 172 Å². The molecule has 0 saturated heterocycles. The molecule has 0 aromatic carbocycles. The Bertz CT molecular complexity index is 1060. The lowest BCUT2D eigenvalue weighted by molar-refractivity contribution is -0.141. The van der Waals surface area contributed by atoms with Crippen molar-refractivity contribution in [2.45, 2.75) is 32.2 Å². The van der Waals surface area contributed by atoms with Gasteiger partial charge in [-0.25, -0.2) is 15.0 Å². The van der Waals surface area contributed by atoms with Gasteiger partial charge in [-0.1, -0.05) is 6.07 Å². The normalized spacial score (nSPS) is 12.2. The standard InChI is InChI=1S/C19H16F6N6/c1-10(2)27-15-9-16(28-11-6-7-26-14(8-11)19(23,24)25)31-17(30-15)12-4-3-5-13(29-12)18(20,21)22/h3-10H,1-2H3,(H2,26,27,28,30,31). The van der Waals surface area contributed by atoms with E-state index in [9.17, 15) is 26.3 Å². The first kappa shape index (κ1) is 22.2. The molecule has 0 unspecified atom stereocenters. The number of aromatic nitrogens is 4. The first-order valence-corrected chi connectivity index (χ1v) is 8.92. The highest BCUT2D eigenvalue weighted by molar-refractivity contribution is 5.64. The Kier molecular flexibility index (Phi) is 6.00. The molecule has 0 fully saturated rings. The van der Waals surface area contributed by atoms with Crippen molar-refractivity contribution in [3.05, 3.63) is 54.0 Å². The van der Waals surface area contributed by atoms with Gasteiger partial charge in [0.2, 0.25) is 0 Å². The Balaban J connectivity index is 2.02. The maximum Gasteiger partial charge on any atom is 0.433 e. The van der Waals surface area contributed by atoms with E-state index in [0.29, 0.717) is 0 Å². The zero-order valence-corrected chi connectivity index (χ0v) is 16.2. The molecule has 0 aliphatic heterocycles. The molecule has 2 N–H and O–H groups in total. The molecular weight excluding hydrogens is 426 g/mol. The van der Waals surface area contributed by atoms with E-state index in [1.54, 1.807) is 0 Å². The smallest absolute Gasteiger partial charge is 0.368 e. The molecule has 3 aromatic rings. The van der Waals surface area contributed by atoms with Crippen LogP contribution in [0.5, 0.6) is 0 Å². The molecule has 164 valence electrons. The number of rotatable bonds is 5. The molecule has 0 radical (unpaired) electrons. The van der Waals surface area contributed by atoms with Gasteiger partial charge in [-0.3, -0.25) is 4.98 Å². The minimum atomic E-state index is -4.66. The first-order chi connectivity index (χ1) is 14.4. The molecule has 3 aromatic heterocycles. The van der Waals surface area contributed by atoms with Crippen LogP contribution in [0.3, 0.4) is 0 Å². The summed E-state index contributed by atoms with van der Waals surface area (Å²) >= 11 is 0. The number of hydrogen-bond acceptors (Lipinski definition) is 6. The van der Waals surface area contributed by atoms with Crippen LogP contribution in [0.4, 0.5) is 43.7 Å². The van der Waals surface area contributed by atoms with Gasteiger partial charge in [0.25, 0.3) is 0 Å². The van der Waals surface area contributed by atoms with Crippen molar-refractivity contribution in [3.8, 4) is 11.5 Å².